The Balaban J connectivity index is 1.71. The first kappa shape index (κ1) is 20.9. The van der Waals surface area contributed by atoms with Gasteiger partial charge in [-0.05, 0) is 49.1 Å². The lowest BCUT2D eigenvalue weighted by Crippen LogP contribution is -2.33. The van der Waals surface area contributed by atoms with Crippen LogP contribution in [0.4, 0.5) is 0 Å². The van der Waals surface area contributed by atoms with Gasteiger partial charge in [-0.3, -0.25) is 4.79 Å². The summed E-state index contributed by atoms with van der Waals surface area (Å²) < 4.78 is 21.4. The Hall–Kier alpha value is -2.80. The summed E-state index contributed by atoms with van der Waals surface area (Å²) in [6.07, 6.45) is 1.44. The molecule has 29 heavy (non-hydrogen) atoms. The molecular weight excluding hydrogens is 374 g/mol. The zero-order valence-electron chi connectivity index (χ0n) is 17.3. The molecule has 1 saturated heterocycles. The fraction of sp³-hybridized carbons (Fsp3) is 0.455. The maximum absolute atomic E-state index is 12.9. The third kappa shape index (κ3) is 4.62. The number of amides is 1. The van der Waals surface area contributed by atoms with Crippen LogP contribution in [0.2, 0.25) is 0 Å². The maximum Gasteiger partial charge on any atom is 0.349 e. The zero-order valence-corrected chi connectivity index (χ0v) is 17.3. The Bertz CT molecular complexity index is 929. The van der Waals surface area contributed by atoms with Gasteiger partial charge >= 0.3 is 5.63 Å². The summed E-state index contributed by atoms with van der Waals surface area (Å²) >= 11 is 0. The molecule has 0 radical (unpaired) electrons. The number of rotatable bonds is 7. The molecule has 0 N–H and O–H groups in total. The monoisotopic (exact) mass is 401 g/mol. The minimum atomic E-state index is -0.588. The average molecular weight is 401 g/mol. The molecule has 1 fully saturated rings. The molecule has 156 valence electrons. The van der Waals surface area contributed by atoms with Crippen molar-refractivity contribution in [2.24, 2.45) is 0 Å². The van der Waals surface area contributed by atoms with Crippen LogP contribution in [-0.4, -0.2) is 51.8 Å². The van der Waals surface area contributed by atoms with Gasteiger partial charge in [-0.1, -0.05) is 6.07 Å². The van der Waals surface area contributed by atoms with Crippen LogP contribution in [0.3, 0.4) is 0 Å². The van der Waals surface area contributed by atoms with Crippen molar-refractivity contribution in [3.05, 3.63) is 57.1 Å². The largest absolute Gasteiger partial charge is 0.493 e. The van der Waals surface area contributed by atoms with Crippen LogP contribution >= 0.6 is 0 Å². The maximum atomic E-state index is 12.9. The summed E-state index contributed by atoms with van der Waals surface area (Å²) in [6.45, 7) is 3.42. The molecule has 1 unspecified atom stereocenters. The van der Waals surface area contributed by atoms with Crippen molar-refractivity contribution in [1.29, 1.82) is 0 Å². The molecule has 1 aromatic carbocycles. The van der Waals surface area contributed by atoms with Gasteiger partial charge in [0.05, 0.1) is 20.8 Å². The first-order valence-electron chi connectivity index (χ1n) is 9.63. The fourth-order valence-electron chi connectivity index (χ4n) is 3.48. The second-order valence-corrected chi connectivity index (χ2v) is 7.22. The Morgan fingerprint density at radius 2 is 1.97 bits per heavy atom. The van der Waals surface area contributed by atoms with E-state index in [9.17, 15) is 9.59 Å². The summed E-state index contributed by atoms with van der Waals surface area (Å²) in [7, 11) is 4.85. The number of hydrogen-bond donors (Lipinski definition) is 0. The number of aryl methyl sites for hydroxylation is 1. The predicted octanol–water partition coefficient (Wildman–Crippen LogP) is 2.78. The van der Waals surface area contributed by atoms with E-state index >= 15 is 0 Å². The molecule has 0 saturated carbocycles. The van der Waals surface area contributed by atoms with Crippen LogP contribution in [0, 0.1) is 6.92 Å². The molecular formula is C22H27NO6. The Kier molecular flexibility index (Phi) is 6.59. The number of carbonyl (C=O) groups is 1. The molecule has 1 aliphatic heterocycles. The molecule has 3 rings (SSSR count). The van der Waals surface area contributed by atoms with E-state index < -0.39 is 5.63 Å². The summed E-state index contributed by atoms with van der Waals surface area (Å²) in [4.78, 5) is 26.9. The lowest BCUT2D eigenvalue weighted by Gasteiger charge is -2.18. The highest BCUT2D eigenvalue weighted by Gasteiger charge is 2.25. The molecule has 0 aliphatic carbocycles. The number of nitrogens with zero attached hydrogens (tertiary/aromatic N) is 1. The first-order chi connectivity index (χ1) is 13.9. The summed E-state index contributed by atoms with van der Waals surface area (Å²) in [6, 6.07) is 7.43. The van der Waals surface area contributed by atoms with Crippen LogP contribution in [0.1, 0.15) is 39.6 Å². The van der Waals surface area contributed by atoms with Gasteiger partial charge < -0.3 is 23.5 Å². The third-order valence-electron chi connectivity index (χ3n) is 5.24. The van der Waals surface area contributed by atoms with Gasteiger partial charge in [0.1, 0.15) is 11.3 Å². The minimum absolute atomic E-state index is 0.0772. The van der Waals surface area contributed by atoms with E-state index in [-0.39, 0.29) is 17.4 Å². The number of hydrogen-bond acceptors (Lipinski definition) is 6. The molecule has 0 spiro atoms. The SMILES string of the molecule is COc1ccc(CCN(C)C(=O)c2c(C)cc(C3CCOC3)oc2=O)cc1OC. The molecule has 2 heterocycles. The van der Waals surface area contributed by atoms with E-state index in [0.717, 1.165) is 12.0 Å². The van der Waals surface area contributed by atoms with Crippen LogP contribution < -0.4 is 15.1 Å². The van der Waals surface area contributed by atoms with Crippen molar-refractivity contribution in [2.45, 2.75) is 25.7 Å². The highest BCUT2D eigenvalue weighted by molar-refractivity contribution is 5.95. The van der Waals surface area contributed by atoms with Gasteiger partial charge in [0.2, 0.25) is 0 Å². The van der Waals surface area contributed by atoms with Gasteiger partial charge in [0.15, 0.2) is 11.5 Å². The zero-order chi connectivity index (χ0) is 21.0. The standard InChI is InChI=1S/C22H27NO6/c1-14-11-18(16-8-10-28-13-16)29-22(25)20(14)21(24)23(2)9-7-15-5-6-17(26-3)19(12-15)27-4/h5-6,11-12,16H,7-10,13H2,1-4H3. The number of carbonyl (C=O) groups excluding carboxylic acids is 1. The lowest BCUT2D eigenvalue weighted by molar-refractivity contribution is 0.0790. The summed E-state index contributed by atoms with van der Waals surface area (Å²) in [5.41, 5.74) is 1.13. The molecule has 1 atom stereocenters. The molecule has 7 heteroatoms. The first-order valence-corrected chi connectivity index (χ1v) is 9.63. The van der Waals surface area contributed by atoms with E-state index in [0.29, 0.717) is 49.0 Å². The predicted molar refractivity (Wildman–Crippen MR) is 108 cm³/mol. The minimum Gasteiger partial charge on any atom is -0.493 e. The molecule has 7 nitrogen and oxygen atoms in total. The smallest absolute Gasteiger partial charge is 0.349 e. The molecule has 0 bridgehead atoms. The van der Waals surface area contributed by atoms with Crippen LogP contribution in [0.5, 0.6) is 11.5 Å². The van der Waals surface area contributed by atoms with Crippen molar-refractivity contribution in [1.82, 2.24) is 4.90 Å². The van der Waals surface area contributed by atoms with Crippen molar-refractivity contribution >= 4 is 5.91 Å². The van der Waals surface area contributed by atoms with Gasteiger partial charge in [0, 0.05) is 26.1 Å². The summed E-state index contributed by atoms with van der Waals surface area (Å²) in [5.74, 6) is 1.62. The molecule has 1 aromatic heterocycles. The van der Waals surface area contributed by atoms with E-state index in [1.807, 2.05) is 18.2 Å². The topological polar surface area (TPSA) is 78.2 Å². The number of likely N-dealkylation sites (N-methyl/N-ethyl adjacent to an activating group) is 1. The van der Waals surface area contributed by atoms with Gasteiger partial charge in [-0.15, -0.1) is 0 Å². The van der Waals surface area contributed by atoms with Gasteiger partial charge in [0.25, 0.3) is 5.91 Å². The second-order valence-electron chi connectivity index (χ2n) is 7.22. The number of benzene rings is 1. The average Bonchev–Trinajstić information content (AvgIpc) is 3.26. The van der Waals surface area contributed by atoms with Crippen molar-refractivity contribution in [3.8, 4) is 11.5 Å². The Morgan fingerprint density at radius 3 is 2.59 bits per heavy atom. The van der Waals surface area contributed by atoms with Crippen LogP contribution in [-0.2, 0) is 11.2 Å². The third-order valence-corrected chi connectivity index (χ3v) is 5.24. The fourth-order valence-corrected chi connectivity index (χ4v) is 3.48. The van der Waals surface area contributed by atoms with Crippen LogP contribution in [0.25, 0.3) is 0 Å². The number of methoxy groups -OCH3 is 2. The molecule has 1 amide bonds. The van der Waals surface area contributed by atoms with E-state index in [1.54, 1.807) is 34.3 Å². The summed E-state index contributed by atoms with van der Waals surface area (Å²) in [5, 5.41) is 0. The quantitative estimate of drug-likeness (QED) is 0.710. The van der Waals surface area contributed by atoms with E-state index in [2.05, 4.69) is 0 Å². The molecule has 2 aromatic rings. The Morgan fingerprint density at radius 1 is 1.21 bits per heavy atom. The normalized spacial score (nSPS) is 15.9. The van der Waals surface area contributed by atoms with Gasteiger partial charge in [-0.2, -0.15) is 0 Å². The highest BCUT2D eigenvalue weighted by Crippen LogP contribution is 2.28. The second kappa shape index (κ2) is 9.13. The highest BCUT2D eigenvalue weighted by atomic mass is 16.5. The van der Waals surface area contributed by atoms with Crippen molar-refractivity contribution in [2.75, 3.05) is 41.0 Å². The van der Waals surface area contributed by atoms with Crippen LogP contribution in [0.15, 0.2) is 33.5 Å². The Labute approximate surface area is 170 Å². The van der Waals surface area contributed by atoms with Crippen molar-refractivity contribution < 1.29 is 23.4 Å². The molecule has 1 aliphatic rings. The lowest BCUT2D eigenvalue weighted by atomic mass is 10.0. The van der Waals surface area contributed by atoms with E-state index in [1.165, 1.54) is 4.90 Å². The van der Waals surface area contributed by atoms with E-state index in [4.69, 9.17) is 18.6 Å². The number of ether oxygens (including phenoxy) is 3. The van der Waals surface area contributed by atoms with Gasteiger partial charge in [-0.25, -0.2) is 4.79 Å². The van der Waals surface area contributed by atoms with Crippen molar-refractivity contribution in [3.63, 3.8) is 0 Å².